The first-order chi connectivity index (χ1) is 7.54. The molecule has 1 aromatic carbocycles. The molecule has 0 aromatic heterocycles. The predicted octanol–water partition coefficient (Wildman–Crippen LogP) is 3.32. The molecule has 0 amide bonds. The molecule has 0 heterocycles. The van der Waals surface area contributed by atoms with E-state index < -0.39 is 0 Å². The van der Waals surface area contributed by atoms with E-state index in [9.17, 15) is 0 Å². The predicted molar refractivity (Wildman–Crippen MR) is 66.3 cm³/mol. The van der Waals surface area contributed by atoms with Crippen molar-refractivity contribution in [1.29, 1.82) is 5.26 Å². The fourth-order valence-corrected chi connectivity index (χ4v) is 2.15. The second kappa shape index (κ2) is 3.83. The third-order valence-electron chi connectivity index (χ3n) is 3.64. The molecule has 0 bridgehead atoms. The minimum atomic E-state index is 0.489. The monoisotopic (exact) mass is 214 g/mol. The molecular formula is C14H18N2. The number of benzene rings is 1. The number of nitrogens with zero attached hydrogens (tertiary/aromatic N) is 1. The van der Waals surface area contributed by atoms with Gasteiger partial charge in [0.05, 0.1) is 11.3 Å². The maximum Gasteiger partial charge on any atom is 0.101 e. The van der Waals surface area contributed by atoms with Crippen LogP contribution < -0.4 is 5.32 Å². The lowest BCUT2D eigenvalue weighted by atomic mass is 10.1. The average Bonchev–Trinajstić information content (AvgIpc) is 2.84. The first-order valence-corrected chi connectivity index (χ1v) is 5.78. The van der Waals surface area contributed by atoms with Crippen LogP contribution in [0, 0.1) is 29.6 Å². The van der Waals surface area contributed by atoms with E-state index in [1.54, 1.807) is 0 Å². The summed E-state index contributed by atoms with van der Waals surface area (Å²) in [4.78, 5) is 0. The summed E-state index contributed by atoms with van der Waals surface area (Å²) in [5.41, 5.74) is 3.39. The van der Waals surface area contributed by atoms with Crippen LogP contribution in [0.15, 0.2) is 18.2 Å². The minimum absolute atomic E-state index is 0.489. The molecule has 1 unspecified atom stereocenters. The second-order valence-corrected chi connectivity index (χ2v) is 5.38. The van der Waals surface area contributed by atoms with E-state index in [4.69, 9.17) is 5.26 Å². The van der Waals surface area contributed by atoms with Crippen LogP contribution in [0.1, 0.15) is 31.4 Å². The van der Waals surface area contributed by atoms with Crippen molar-refractivity contribution in [2.75, 3.05) is 11.9 Å². The standard InChI is InChI=1S/C14H18N2/c1-10-5-4-6-11(8-15)13(10)16-9-12-7-14(12,2)3/h4-6,12,16H,7,9H2,1-3H3. The number of hydrogen-bond acceptors (Lipinski definition) is 2. The van der Waals surface area contributed by atoms with Gasteiger partial charge in [-0.3, -0.25) is 0 Å². The third-order valence-corrected chi connectivity index (χ3v) is 3.64. The van der Waals surface area contributed by atoms with Gasteiger partial charge in [-0.05, 0) is 36.3 Å². The average molecular weight is 214 g/mol. The molecule has 1 aliphatic rings. The number of nitrogens with one attached hydrogen (secondary N) is 1. The number of rotatable bonds is 3. The van der Waals surface area contributed by atoms with Crippen molar-refractivity contribution in [3.63, 3.8) is 0 Å². The lowest BCUT2D eigenvalue weighted by Gasteiger charge is -2.11. The zero-order valence-electron chi connectivity index (χ0n) is 10.2. The molecule has 2 nitrogen and oxygen atoms in total. The Morgan fingerprint density at radius 1 is 1.50 bits per heavy atom. The molecule has 0 saturated heterocycles. The summed E-state index contributed by atoms with van der Waals surface area (Å²) in [6.45, 7) is 7.61. The van der Waals surface area contributed by atoms with Crippen molar-refractivity contribution in [2.45, 2.75) is 27.2 Å². The molecule has 2 rings (SSSR count). The van der Waals surface area contributed by atoms with Gasteiger partial charge in [0, 0.05) is 6.54 Å². The molecule has 0 aliphatic heterocycles. The second-order valence-electron chi connectivity index (χ2n) is 5.38. The summed E-state index contributed by atoms with van der Waals surface area (Å²) in [6, 6.07) is 8.08. The van der Waals surface area contributed by atoms with Crippen molar-refractivity contribution in [3.8, 4) is 6.07 Å². The van der Waals surface area contributed by atoms with Crippen LogP contribution in [0.25, 0.3) is 0 Å². The molecular weight excluding hydrogens is 196 g/mol. The SMILES string of the molecule is Cc1cccc(C#N)c1NCC1CC1(C)C. The van der Waals surface area contributed by atoms with E-state index in [-0.39, 0.29) is 0 Å². The Hall–Kier alpha value is -1.49. The Morgan fingerprint density at radius 3 is 2.75 bits per heavy atom. The maximum absolute atomic E-state index is 9.04. The highest BCUT2D eigenvalue weighted by Gasteiger charge is 2.45. The fourth-order valence-electron chi connectivity index (χ4n) is 2.15. The number of aryl methyl sites for hydroxylation is 1. The normalized spacial score (nSPS) is 21.2. The number of hydrogen-bond donors (Lipinski definition) is 1. The number of nitriles is 1. The molecule has 0 radical (unpaired) electrons. The van der Waals surface area contributed by atoms with Crippen LogP contribution in [0.4, 0.5) is 5.69 Å². The van der Waals surface area contributed by atoms with Gasteiger partial charge in [0.2, 0.25) is 0 Å². The Balaban J connectivity index is 2.07. The largest absolute Gasteiger partial charge is 0.383 e. The summed E-state index contributed by atoms with van der Waals surface area (Å²) in [6.07, 6.45) is 1.29. The van der Waals surface area contributed by atoms with Crippen molar-refractivity contribution < 1.29 is 0 Å². The quantitative estimate of drug-likeness (QED) is 0.837. The van der Waals surface area contributed by atoms with Gasteiger partial charge in [-0.1, -0.05) is 26.0 Å². The van der Waals surface area contributed by atoms with E-state index in [1.807, 2.05) is 25.1 Å². The smallest absolute Gasteiger partial charge is 0.101 e. The van der Waals surface area contributed by atoms with Gasteiger partial charge in [0.25, 0.3) is 0 Å². The van der Waals surface area contributed by atoms with Crippen LogP contribution in [-0.2, 0) is 0 Å². The molecule has 2 heteroatoms. The van der Waals surface area contributed by atoms with Gasteiger partial charge in [-0.15, -0.1) is 0 Å². The molecule has 0 spiro atoms. The van der Waals surface area contributed by atoms with Crippen LogP contribution in [-0.4, -0.2) is 6.54 Å². The molecule has 16 heavy (non-hydrogen) atoms. The van der Waals surface area contributed by atoms with Crippen molar-refractivity contribution in [3.05, 3.63) is 29.3 Å². The summed E-state index contributed by atoms with van der Waals surface area (Å²) >= 11 is 0. The number of anilines is 1. The van der Waals surface area contributed by atoms with E-state index in [0.717, 1.165) is 29.3 Å². The number of para-hydroxylation sites is 1. The van der Waals surface area contributed by atoms with Crippen LogP contribution >= 0.6 is 0 Å². The lowest BCUT2D eigenvalue weighted by molar-refractivity contribution is 0.573. The van der Waals surface area contributed by atoms with Gasteiger partial charge in [0.1, 0.15) is 6.07 Å². The van der Waals surface area contributed by atoms with Gasteiger partial charge in [-0.2, -0.15) is 5.26 Å². The Labute approximate surface area is 97.3 Å². The Kier molecular flexibility index (Phi) is 2.63. The summed E-state index contributed by atoms with van der Waals surface area (Å²) in [7, 11) is 0. The molecule has 1 N–H and O–H groups in total. The van der Waals surface area contributed by atoms with Gasteiger partial charge >= 0.3 is 0 Å². The fraction of sp³-hybridized carbons (Fsp3) is 0.500. The highest BCUT2D eigenvalue weighted by molar-refractivity contribution is 5.62. The van der Waals surface area contributed by atoms with Gasteiger partial charge in [0.15, 0.2) is 0 Å². The van der Waals surface area contributed by atoms with E-state index in [2.05, 4.69) is 25.2 Å². The molecule has 1 atom stereocenters. The molecule has 1 saturated carbocycles. The van der Waals surface area contributed by atoms with E-state index in [0.29, 0.717) is 5.41 Å². The van der Waals surface area contributed by atoms with Crippen molar-refractivity contribution >= 4 is 5.69 Å². The van der Waals surface area contributed by atoms with Crippen LogP contribution in [0.3, 0.4) is 0 Å². The lowest BCUT2D eigenvalue weighted by Crippen LogP contribution is -2.09. The van der Waals surface area contributed by atoms with E-state index in [1.165, 1.54) is 6.42 Å². The molecule has 84 valence electrons. The molecule has 1 fully saturated rings. The summed E-state index contributed by atoms with van der Waals surface area (Å²) in [5.74, 6) is 0.749. The highest BCUT2D eigenvalue weighted by atomic mass is 14.9. The van der Waals surface area contributed by atoms with Gasteiger partial charge < -0.3 is 5.32 Å². The Bertz CT molecular complexity index is 441. The first-order valence-electron chi connectivity index (χ1n) is 5.78. The zero-order chi connectivity index (χ0) is 11.8. The first kappa shape index (κ1) is 11.0. The molecule has 1 aromatic rings. The van der Waals surface area contributed by atoms with E-state index >= 15 is 0 Å². The maximum atomic E-state index is 9.04. The summed E-state index contributed by atoms with van der Waals surface area (Å²) < 4.78 is 0. The van der Waals surface area contributed by atoms with Crippen LogP contribution in [0.5, 0.6) is 0 Å². The zero-order valence-corrected chi connectivity index (χ0v) is 10.2. The molecule has 1 aliphatic carbocycles. The third kappa shape index (κ3) is 2.04. The topological polar surface area (TPSA) is 35.8 Å². The van der Waals surface area contributed by atoms with Crippen molar-refractivity contribution in [1.82, 2.24) is 0 Å². The minimum Gasteiger partial charge on any atom is -0.383 e. The summed E-state index contributed by atoms with van der Waals surface area (Å²) in [5, 5.41) is 12.5. The van der Waals surface area contributed by atoms with Crippen molar-refractivity contribution in [2.24, 2.45) is 11.3 Å². The van der Waals surface area contributed by atoms with Crippen LogP contribution in [0.2, 0.25) is 0 Å². The highest BCUT2D eigenvalue weighted by Crippen LogP contribution is 2.51. The Morgan fingerprint density at radius 2 is 2.19 bits per heavy atom. The van der Waals surface area contributed by atoms with Gasteiger partial charge in [-0.25, -0.2) is 0 Å².